The molecule has 6 nitrogen and oxygen atoms in total. The first-order valence-corrected chi connectivity index (χ1v) is 9.27. The standard InChI is InChI=1S/C18H17F2N3O3S/c19-13-1-6-17(16(20)11-13)27-12-18(24)22-9-7-21(8-10-22)14-2-4-15(5-3-14)23(25)26/h1-6,11H,7-10,12H2. The van der Waals surface area contributed by atoms with Crippen LogP contribution in [0.25, 0.3) is 0 Å². The molecule has 2 aromatic carbocycles. The molecular formula is C18H17F2N3O3S. The summed E-state index contributed by atoms with van der Waals surface area (Å²) in [6.07, 6.45) is 0. The van der Waals surface area contributed by atoms with Crippen LogP contribution in [-0.2, 0) is 4.79 Å². The van der Waals surface area contributed by atoms with Crippen LogP contribution in [0.4, 0.5) is 20.2 Å². The molecule has 1 amide bonds. The third kappa shape index (κ3) is 4.73. The maximum atomic E-state index is 13.6. The number of hydrogen-bond acceptors (Lipinski definition) is 5. The number of hydrogen-bond donors (Lipinski definition) is 0. The van der Waals surface area contributed by atoms with Gasteiger partial charge in [0.15, 0.2) is 0 Å². The van der Waals surface area contributed by atoms with Crippen LogP contribution in [0.15, 0.2) is 47.4 Å². The van der Waals surface area contributed by atoms with Crippen molar-refractivity contribution in [2.75, 3.05) is 36.8 Å². The van der Waals surface area contributed by atoms with Crippen molar-refractivity contribution in [3.05, 3.63) is 64.2 Å². The topological polar surface area (TPSA) is 66.7 Å². The molecular weight excluding hydrogens is 376 g/mol. The van der Waals surface area contributed by atoms with Gasteiger partial charge >= 0.3 is 0 Å². The first kappa shape index (κ1) is 19.1. The molecule has 142 valence electrons. The van der Waals surface area contributed by atoms with Crippen molar-refractivity contribution >= 4 is 29.0 Å². The number of nitro groups is 1. The predicted molar refractivity (Wildman–Crippen MR) is 99.0 cm³/mol. The first-order chi connectivity index (χ1) is 12.9. The molecule has 0 spiro atoms. The Labute approximate surface area is 158 Å². The SMILES string of the molecule is O=C(CSc1ccc(F)cc1F)N1CCN(c2ccc([N+](=O)[O-])cc2)CC1. The lowest BCUT2D eigenvalue weighted by Crippen LogP contribution is -2.49. The van der Waals surface area contributed by atoms with Crippen molar-refractivity contribution in [1.82, 2.24) is 4.90 Å². The lowest BCUT2D eigenvalue weighted by molar-refractivity contribution is -0.384. The van der Waals surface area contributed by atoms with Gasteiger partial charge in [0.1, 0.15) is 11.6 Å². The van der Waals surface area contributed by atoms with E-state index in [9.17, 15) is 23.7 Å². The Balaban J connectivity index is 1.51. The lowest BCUT2D eigenvalue weighted by Gasteiger charge is -2.36. The van der Waals surface area contributed by atoms with Gasteiger partial charge in [0.05, 0.1) is 10.7 Å². The number of halogens is 2. The maximum Gasteiger partial charge on any atom is 0.269 e. The molecule has 0 aromatic heterocycles. The highest BCUT2D eigenvalue weighted by molar-refractivity contribution is 8.00. The summed E-state index contributed by atoms with van der Waals surface area (Å²) in [4.78, 5) is 26.6. The lowest BCUT2D eigenvalue weighted by atomic mass is 10.2. The average molecular weight is 393 g/mol. The van der Waals surface area contributed by atoms with Gasteiger partial charge < -0.3 is 9.80 Å². The smallest absolute Gasteiger partial charge is 0.269 e. The van der Waals surface area contributed by atoms with E-state index in [0.29, 0.717) is 26.2 Å². The van der Waals surface area contributed by atoms with Crippen LogP contribution < -0.4 is 4.90 Å². The Morgan fingerprint density at radius 1 is 1.07 bits per heavy atom. The summed E-state index contributed by atoms with van der Waals surface area (Å²) >= 11 is 1.05. The largest absolute Gasteiger partial charge is 0.368 e. The van der Waals surface area contributed by atoms with Crippen molar-refractivity contribution in [3.63, 3.8) is 0 Å². The molecule has 1 aliphatic heterocycles. The molecule has 1 fully saturated rings. The summed E-state index contributed by atoms with van der Waals surface area (Å²) in [7, 11) is 0. The van der Waals surface area contributed by atoms with Crippen molar-refractivity contribution in [2.24, 2.45) is 0 Å². The van der Waals surface area contributed by atoms with E-state index >= 15 is 0 Å². The number of thioether (sulfide) groups is 1. The van der Waals surface area contributed by atoms with E-state index in [-0.39, 0.29) is 22.2 Å². The van der Waals surface area contributed by atoms with Gasteiger partial charge in [-0.2, -0.15) is 0 Å². The molecule has 0 bridgehead atoms. The summed E-state index contributed by atoms with van der Waals surface area (Å²) in [5.74, 6) is -1.34. The second-order valence-electron chi connectivity index (χ2n) is 6.00. The van der Waals surface area contributed by atoms with Crippen LogP contribution >= 0.6 is 11.8 Å². The Morgan fingerprint density at radius 3 is 2.33 bits per heavy atom. The number of benzene rings is 2. The molecule has 2 aromatic rings. The number of nitro benzene ring substituents is 1. The summed E-state index contributed by atoms with van der Waals surface area (Å²) in [6, 6.07) is 9.61. The van der Waals surface area contributed by atoms with Gasteiger partial charge in [-0.15, -0.1) is 11.8 Å². The average Bonchev–Trinajstić information content (AvgIpc) is 2.67. The highest BCUT2D eigenvalue weighted by Crippen LogP contribution is 2.24. The number of carbonyl (C=O) groups excluding carboxylic acids is 1. The minimum Gasteiger partial charge on any atom is -0.368 e. The molecule has 1 heterocycles. The predicted octanol–water partition coefficient (Wildman–Crippen LogP) is 3.31. The van der Waals surface area contributed by atoms with E-state index in [0.717, 1.165) is 23.5 Å². The minimum atomic E-state index is -0.671. The van der Waals surface area contributed by atoms with Gasteiger partial charge in [-0.05, 0) is 24.3 Å². The number of anilines is 1. The zero-order chi connectivity index (χ0) is 19.4. The van der Waals surface area contributed by atoms with E-state index in [1.165, 1.54) is 24.3 Å². The normalized spacial score (nSPS) is 14.3. The maximum absolute atomic E-state index is 13.6. The Hall–Kier alpha value is -2.68. The third-order valence-electron chi connectivity index (χ3n) is 4.30. The van der Waals surface area contributed by atoms with Gasteiger partial charge in [0, 0.05) is 55.0 Å². The molecule has 0 saturated carbocycles. The summed E-state index contributed by atoms with van der Waals surface area (Å²) in [5, 5.41) is 10.7. The third-order valence-corrected chi connectivity index (χ3v) is 5.34. The summed E-state index contributed by atoms with van der Waals surface area (Å²) < 4.78 is 26.5. The van der Waals surface area contributed by atoms with Crippen LogP contribution in [0, 0.1) is 21.7 Å². The highest BCUT2D eigenvalue weighted by atomic mass is 32.2. The van der Waals surface area contributed by atoms with E-state index in [4.69, 9.17) is 0 Å². The number of amides is 1. The molecule has 9 heteroatoms. The summed E-state index contributed by atoms with van der Waals surface area (Å²) in [6.45, 7) is 2.25. The van der Waals surface area contributed by atoms with Crippen LogP contribution in [0.2, 0.25) is 0 Å². The molecule has 0 N–H and O–H groups in total. The molecule has 0 unspecified atom stereocenters. The van der Waals surface area contributed by atoms with Crippen LogP contribution in [0.5, 0.6) is 0 Å². The monoisotopic (exact) mass is 393 g/mol. The van der Waals surface area contributed by atoms with Crippen molar-refractivity contribution in [3.8, 4) is 0 Å². The first-order valence-electron chi connectivity index (χ1n) is 8.29. The second kappa shape index (κ2) is 8.34. The number of piperazine rings is 1. The zero-order valence-corrected chi connectivity index (χ0v) is 15.1. The minimum absolute atomic E-state index is 0.0395. The second-order valence-corrected chi connectivity index (χ2v) is 7.02. The number of non-ortho nitro benzene ring substituents is 1. The number of nitrogens with zero attached hydrogens (tertiary/aromatic N) is 3. The van der Waals surface area contributed by atoms with Gasteiger partial charge in [0.25, 0.3) is 5.69 Å². The Kier molecular flexibility index (Phi) is 5.90. The van der Waals surface area contributed by atoms with Crippen molar-refractivity contribution in [2.45, 2.75) is 4.90 Å². The van der Waals surface area contributed by atoms with E-state index < -0.39 is 16.6 Å². The Bertz CT molecular complexity index is 840. The van der Waals surface area contributed by atoms with E-state index in [2.05, 4.69) is 4.90 Å². The molecule has 3 rings (SSSR count). The van der Waals surface area contributed by atoms with Crippen LogP contribution in [-0.4, -0.2) is 47.7 Å². The molecule has 27 heavy (non-hydrogen) atoms. The fourth-order valence-corrected chi connectivity index (χ4v) is 3.64. The zero-order valence-electron chi connectivity index (χ0n) is 14.3. The van der Waals surface area contributed by atoms with Crippen molar-refractivity contribution < 1.29 is 18.5 Å². The fraction of sp³-hybridized carbons (Fsp3) is 0.278. The Morgan fingerprint density at radius 2 is 1.74 bits per heavy atom. The molecule has 0 aliphatic carbocycles. The van der Waals surface area contributed by atoms with Gasteiger partial charge in [-0.1, -0.05) is 0 Å². The molecule has 1 saturated heterocycles. The van der Waals surface area contributed by atoms with Gasteiger partial charge in [-0.3, -0.25) is 14.9 Å². The quantitative estimate of drug-likeness (QED) is 0.443. The molecule has 0 radical (unpaired) electrons. The van der Waals surface area contributed by atoms with E-state index in [1.807, 2.05) is 0 Å². The van der Waals surface area contributed by atoms with Crippen molar-refractivity contribution in [1.29, 1.82) is 0 Å². The molecule has 0 atom stereocenters. The van der Waals surface area contributed by atoms with Gasteiger partial charge in [-0.25, -0.2) is 8.78 Å². The number of carbonyl (C=O) groups is 1. The van der Waals surface area contributed by atoms with Crippen LogP contribution in [0.3, 0.4) is 0 Å². The summed E-state index contributed by atoms with van der Waals surface area (Å²) in [5.41, 5.74) is 0.910. The van der Waals surface area contributed by atoms with Gasteiger partial charge in [0.2, 0.25) is 5.91 Å². The molecule has 1 aliphatic rings. The fourth-order valence-electron chi connectivity index (χ4n) is 2.82. The number of rotatable bonds is 5. The van der Waals surface area contributed by atoms with Crippen LogP contribution in [0.1, 0.15) is 0 Å². The van der Waals surface area contributed by atoms with E-state index in [1.54, 1.807) is 17.0 Å². The highest BCUT2D eigenvalue weighted by Gasteiger charge is 2.22.